The number of amides is 1. The van der Waals surface area contributed by atoms with E-state index in [2.05, 4.69) is 15.5 Å². The summed E-state index contributed by atoms with van der Waals surface area (Å²) in [6.45, 7) is 4.11. The molecule has 5 nitrogen and oxygen atoms in total. The second kappa shape index (κ2) is 4.91. The minimum absolute atomic E-state index is 0.115. The Bertz CT molecular complexity index is 537. The minimum atomic E-state index is -0.115. The van der Waals surface area contributed by atoms with Crippen molar-refractivity contribution in [3.8, 4) is 0 Å². The molecular formula is C13H16N4O. The lowest BCUT2D eigenvalue weighted by Gasteiger charge is -2.05. The first-order valence-electron chi connectivity index (χ1n) is 5.72. The van der Waals surface area contributed by atoms with Crippen LogP contribution in [0.3, 0.4) is 0 Å². The summed E-state index contributed by atoms with van der Waals surface area (Å²) >= 11 is 0. The largest absolute Gasteiger partial charge is 0.399 e. The zero-order valence-electron chi connectivity index (χ0n) is 10.4. The second-order valence-corrected chi connectivity index (χ2v) is 4.23. The number of hydrogen-bond acceptors (Lipinski definition) is 3. The molecule has 5 heteroatoms. The molecule has 2 aromatic rings. The molecule has 0 saturated heterocycles. The number of benzene rings is 1. The zero-order chi connectivity index (χ0) is 13.1. The van der Waals surface area contributed by atoms with Gasteiger partial charge in [0.05, 0.1) is 11.3 Å². The third-order valence-electron chi connectivity index (χ3n) is 2.79. The number of nitrogens with zero attached hydrogens (tertiary/aromatic N) is 1. The standard InChI is InChI=1S/C13H16N4O/c1-8-12(9(2)17-16-8)13(18)15-7-10-3-5-11(14)6-4-10/h3-6H,7,14H2,1-2H3,(H,15,18)(H,16,17). The number of hydrogen-bond donors (Lipinski definition) is 3. The molecule has 0 saturated carbocycles. The summed E-state index contributed by atoms with van der Waals surface area (Å²) in [5, 5.41) is 9.66. The molecule has 0 fully saturated rings. The normalized spacial score (nSPS) is 10.3. The Labute approximate surface area is 105 Å². The van der Waals surface area contributed by atoms with Gasteiger partial charge in [0.2, 0.25) is 0 Å². The van der Waals surface area contributed by atoms with Crippen LogP contribution in [-0.4, -0.2) is 16.1 Å². The molecule has 0 spiro atoms. The van der Waals surface area contributed by atoms with Crippen LogP contribution in [0.1, 0.15) is 27.3 Å². The Kier molecular flexibility index (Phi) is 3.32. The van der Waals surface area contributed by atoms with Crippen LogP contribution in [0.5, 0.6) is 0 Å². The maximum absolute atomic E-state index is 12.0. The summed E-state index contributed by atoms with van der Waals surface area (Å²) in [4.78, 5) is 12.0. The monoisotopic (exact) mass is 244 g/mol. The van der Waals surface area contributed by atoms with Crippen molar-refractivity contribution in [2.24, 2.45) is 0 Å². The van der Waals surface area contributed by atoms with E-state index < -0.39 is 0 Å². The van der Waals surface area contributed by atoms with Crippen molar-refractivity contribution in [1.29, 1.82) is 0 Å². The van der Waals surface area contributed by atoms with E-state index in [1.54, 1.807) is 0 Å². The third kappa shape index (κ3) is 2.51. The van der Waals surface area contributed by atoms with Crippen molar-refractivity contribution in [3.05, 3.63) is 46.8 Å². The molecule has 1 heterocycles. The van der Waals surface area contributed by atoms with Crippen LogP contribution in [0.15, 0.2) is 24.3 Å². The van der Waals surface area contributed by atoms with Gasteiger partial charge in [0.25, 0.3) is 5.91 Å². The molecule has 4 N–H and O–H groups in total. The molecule has 0 unspecified atom stereocenters. The van der Waals surface area contributed by atoms with E-state index in [0.717, 1.165) is 11.3 Å². The van der Waals surface area contributed by atoms with Gasteiger partial charge >= 0.3 is 0 Å². The molecule has 1 aromatic heterocycles. The van der Waals surface area contributed by atoms with Crippen LogP contribution in [0.4, 0.5) is 5.69 Å². The molecule has 1 amide bonds. The van der Waals surface area contributed by atoms with Crippen LogP contribution in [0, 0.1) is 13.8 Å². The van der Waals surface area contributed by atoms with Gasteiger partial charge in [0, 0.05) is 17.9 Å². The first-order chi connectivity index (χ1) is 8.58. The van der Waals surface area contributed by atoms with Crippen molar-refractivity contribution in [3.63, 3.8) is 0 Å². The fourth-order valence-corrected chi connectivity index (χ4v) is 1.79. The Morgan fingerprint density at radius 3 is 2.56 bits per heavy atom. The van der Waals surface area contributed by atoms with Gasteiger partial charge in [0.1, 0.15) is 0 Å². The van der Waals surface area contributed by atoms with E-state index in [9.17, 15) is 4.79 Å². The van der Waals surface area contributed by atoms with E-state index in [0.29, 0.717) is 23.5 Å². The van der Waals surface area contributed by atoms with Crippen molar-refractivity contribution in [1.82, 2.24) is 15.5 Å². The molecule has 0 aliphatic rings. The van der Waals surface area contributed by atoms with Crippen LogP contribution in [0.25, 0.3) is 0 Å². The lowest BCUT2D eigenvalue weighted by Crippen LogP contribution is -2.23. The van der Waals surface area contributed by atoms with Crippen LogP contribution in [0.2, 0.25) is 0 Å². The van der Waals surface area contributed by atoms with Gasteiger partial charge in [-0.2, -0.15) is 5.10 Å². The predicted molar refractivity (Wildman–Crippen MR) is 70.1 cm³/mol. The highest BCUT2D eigenvalue weighted by Gasteiger charge is 2.14. The number of H-pyrrole nitrogens is 1. The smallest absolute Gasteiger partial charge is 0.255 e. The average Bonchev–Trinajstić information content (AvgIpc) is 2.68. The van der Waals surface area contributed by atoms with Gasteiger partial charge in [-0.15, -0.1) is 0 Å². The highest BCUT2D eigenvalue weighted by Crippen LogP contribution is 2.10. The summed E-state index contributed by atoms with van der Waals surface area (Å²) in [5.74, 6) is -0.115. The van der Waals surface area contributed by atoms with E-state index in [1.807, 2.05) is 38.1 Å². The van der Waals surface area contributed by atoms with Crippen LogP contribution < -0.4 is 11.1 Å². The topological polar surface area (TPSA) is 83.8 Å². The van der Waals surface area contributed by atoms with Crippen molar-refractivity contribution < 1.29 is 4.79 Å². The molecule has 0 bridgehead atoms. The third-order valence-corrected chi connectivity index (χ3v) is 2.79. The Balaban J connectivity index is 2.03. The molecule has 18 heavy (non-hydrogen) atoms. The molecule has 1 aromatic carbocycles. The number of rotatable bonds is 3. The fraction of sp³-hybridized carbons (Fsp3) is 0.231. The molecule has 0 radical (unpaired) electrons. The summed E-state index contributed by atoms with van der Waals surface area (Å²) in [6, 6.07) is 7.42. The van der Waals surface area contributed by atoms with Crippen molar-refractivity contribution in [2.45, 2.75) is 20.4 Å². The highest BCUT2D eigenvalue weighted by molar-refractivity contribution is 5.96. The Morgan fingerprint density at radius 2 is 2.00 bits per heavy atom. The van der Waals surface area contributed by atoms with Crippen molar-refractivity contribution >= 4 is 11.6 Å². The SMILES string of the molecule is Cc1n[nH]c(C)c1C(=O)NCc1ccc(N)cc1. The molecule has 0 aliphatic heterocycles. The van der Waals surface area contributed by atoms with Gasteiger partial charge in [-0.05, 0) is 31.5 Å². The first-order valence-corrected chi connectivity index (χ1v) is 5.72. The van der Waals surface area contributed by atoms with Crippen molar-refractivity contribution in [2.75, 3.05) is 5.73 Å². The minimum Gasteiger partial charge on any atom is -0.399 e. The maximum Gasteiger partial charge on any atom is 0.255 e. The number of nitrogens with two attached hydrogens (primary N) is 1. The highest BCUT2D eigenvalue weighted by atomic mass is 16.1. The lowest BCUT2D eigenvalue weighted by atomic mass is 10.1. The van der Waals surface area contributed by atoms with Gasteiger partial charge in [0.15, 0.2) is 0 Å². The quantitative estimate of drug-likeness (QED) is 0.716. The average molecular weight is 244 g/mol. The predicted octanol–water partition coefficient (Wildman–Crippen LogP) is 1.54. The number of nitrogen functional groups attached to an aromatic ring is 1. The number of aryl methyl sites for hydroxylation is 2. The second-order valence-electron chi connectivity index (χ2n) is 4.23. The Hall–Kier alpha value is -2.30. The van der Waals surface area contributed by atoms with Gasteiger partial charge < -0.3 is 11.1 Å². The molecule has 94 valence electrons. The molecule has 0 aliphatic carbocycles. The maximum atomic E-state index is 12.0. The molecule has 2 rings (SSSR count). The number of nitrogens with one attached hydrogen (secondary N) is 2. The van der Waals surface area contributed by atoms with Crippen LogP contribution >= 0.6 is 0 Å². The van der Waals surface area contributed by atoms with E-state index in [-0.39, 0.29) is 5.91 Å². The fourth-order valence-electron chi connectivity index (χ4n) is 1.79. The summed E-state index contributed by atoms with van der Waals surface area (Å²) in [6.07, 6.45) is 0. The summed E-state index contributed by atoms with van der Waals surface area (Å²) < 4.78 is 0. The summed E-state index contributed by atoms with van der Waals surface area (Å²) in [5.41, 5.74) is 9.43. The van der Waals surface area contributed by atoms with E-state index in [1.165, 1.54) is 0 Å². The summed E-state index contributed by atoms with van der Waals surface area (Å²) in [7, 11) is 0. The number of carbonyl (C=O) groups is 1. The zero-order valence-corrected chi connectivity index (χ0v) is 10.4. The van der Waals surface area contributed by atoms with E-state index in [4.69, 9.17) is 5.73 Å². The Morgan fingerprint density at radius 1 is 1.33 bits per heavy atom. The lowest BCUT2D eigenvalue weighted by molar-refractivity contribution is 0.0950. The number of carbonyl (C=O) groups excluding carboxylic acids is 1. The van der Waals surface area contributed by atoms with Gasteiger partial charge in [-0.3, -0.25) is 9.89 Å². The molecule has 0 atom stereocenters. The number of anilines is 1. The molecular weight excluding hydrogens is 228 g/mol. The van der Waals surface area contributed by atoms with Gasteiger partial charge in [-0.1, -0.05) is 12.1 Å². The number of aromatic amines is 1. The van der Waals surface area contributed by atoms with Gasteiger partial charge in [-0.25, -0.2) is 0 Å². The van der Waals surface area contributed by atoms with E-state index >= 15 is 0 Å². The number of aromatic nitrogens is 2. The van der Waals surface area contributed by atoms with Crippen LogP contribution in [-0.2, 0) is 6.54 Å². The first kappa shape index (κ1) is 12.2.